The van der Waals surface area contributed by atoms with E-state index in [-0.39, 0.29) is 35.0 Å². The van der Waals surface area contributed by atoms with Gasteiger partial charge in [-0.05, 0) is 31.5 Å². The minimum Gasteiger partial charge on any atom is -0.345 e. The normalized spacial score (nSPS) is 12.4. The smallest absolute Gasteiger partial charge is 0.345 e. The molecule has 2 heterocycles. The summed E-state index contributed by atoms with van der Waals surface area (Å²) in [6, 6.07) is 6.78. The fraction of sp³-hybridized carbons (Fsp3) is 0.407. The highest BCUT2D eigenvalue weighted by Gasteiger charge is 2.38. The molecule has 0 unspecified atom stereocenters. The molecule has 210 valence electrons. The lowest BCUT2D eigenvalue weighted by molar-refractivity contribution is -0.138. The van der Waals surface area contributed by atoms with Crippen molar-refractivity contribution in [3.63, 3.8) is 0 Å². The lowest BCUT2D eigenvalue weighted by Gasteiger charge is -2.22. The van der Waals surface area contributed by atoms with Crippen molar-refractivity contribution in [2.45, 2.75) is 71.1 Å². The lowest BCUT2D eigenvalue weighted by Crippen LogP contribution is -2.24. The number of imidazole rings is 1. The number of hydrogen-bond acceptors (Lipinski definition) is 6. The van der Waals surface area contributed by atoms with Crippen molar-refractivity contribution >= 4 is 21.5 Å². The van der Waals surface area contributed by atoms with Gasteiger partial charge in [-0.25, -0.2) is 13.4 Å². The number of Topliss-reactive ketones (excluding diaryl/α,β-unsaturated/α-hetero) is 1. The van der Waals surface area contributed by atoms with Crippen molar-refractivity contribution in [1.82, 2.24) is 19.9 Å². The monoisotopic (exact) mass is 564 g/mol. The van der Waals surface area contributed by atoms with Gasteiger partial charge in [-0.15, -0.1) is 0 Å². The molecule has 0 aliphatic carbocycles. The van der Waals surface area contributed by atoms with Crippen LogP contribution in [-0.2, 0) is 34.5 Å². The van der Waals surface area contributed by atoms with Gasteiger partial charge in [-0.2, -0.15) is 13.2 Å². The van der Waals surface area contributed by atoms with Gasteiger partial charge < -0.3 is 9.88 Å². The molecule has 0 saturated carbocycles. The van der Waals surface area contributed by atoms with Crippen LogP contribution in [-0.4, -0.2) is 40.4 Å². The van der Waals surface area contributed by atoms with E-state index in [0.717, 1.165) is 13.0 Å². The second-order valence-electron chi connectivity index (χ2n) is 10.2. The van der Waals surface area contributed by atoms with E-state index < -0.39 is 44.2 Å². The Morgan fingerprint density at radius 1 is 1.08 bits per heavy atom. The molecule has 8 nitrogen and oxygen atoms in total. The Morgan fingerprint density at radius 3 is 2.26 bits per heavy atom. The van der Waals surface area contributed by atoms with Crippen LogP contribution < -0.4 is 5.32 Å². The molecule has 3 rings (SSSR count). The highest BCUT2D eigenvalue weighted by Crippen LogP contribution is 2.36. The number of halogens is 3. The number of benzene rings is 1. The molecule has 0 aliphatic heterocycles. The van der Waals surface area contributed by atoms with Crippen molar-refractivity contribution in [1.29, 1.82) is 0 Å². The number of sulfone groups is 1. The fourth-order valence-corrected chi connectivity index (χ4v) is 4.99. The summed E-state index contributed by atoms with van der Waals surface area (Å²) < 4.78 is 67.6. The predicted octanol–water partition coefficient (Wildman–Crippen LogP) is 4.88. The maximum atomic E-state index is 14.0. The third kappa shape index (κ3) is 6.55. The Morgan fingerprint density at radius 2 is 1.74 bits per heavy atom. The summed E-state index contributed by atoms with van der Waals surface area (Å²) in [5.74, 6) is -0.917. The maximum absolute atomic E-state index is 14.0. The van der Waals surface area contributed by atoms with E-state index in [9.17, 15) is 31.2 Å². The highest BCUT2D eigenvalue weighted by molar-refractivity contribution is 7.91. The summed E-state index contributed by atoms with van der Waals surface area (Å²) in [5.41, 5.74) is -1.34. The van der Waals surface area contributed by atoms with E-state index in [0.29, 0.717) is 17.2 Å². The topological polar surface area (TPSA) is 111 Å². The zero-order valence-electron chi connectivity index (χ0n) is 22.6. The standard InChI is InChI=1S/C27H31F3N4O4S/c1-7-39(37,38)20-12-11-19(31-14-20)13-32-24(36)23-16(2)34(25(33-23)26(4,5)6)15-18-9-8-10-21(17(3)35)22(18)27(28,29)30/h8-12,14H,7,13,15H2,1-6H3,(H,32,36). The van der Waals surface area contributed by atoms with Crippen LogP contribution in [0.1, 0.15) is 83.8 Å². The highest BCUT2D eigenvalue weighted by atomic mass is 32.2. The molecule has 2 aromatic heterocycles. The predicted molar refractivity (Wildman–Crippen MR) is 139 cm³/mol. The van der Waals surface area contributed by atoms with Gasteiger partial charge in [0.25, 0.3) is 5.91 Å². The number of aromatic nitrogens is 3. The summed E-state index contributed by atoms with van der Waals surface area (Å²) in [5, 5.41) is 2.69. The fourth-order valence-electron chi connectivity index (χ4n) is 4.17. The van der Waals surface area contributed by atoms with Crippen LogP contribution in [0.4, 0.5) is 13.2 Å². The summed E-state index contributed by atoms with van der Waals surface area (Å²) in [6.45, 7) is 9.46. The summed E-state index contributed by atoms with van der Waals surface area (Å²) in [4.78, 5) is 33.7. The van der Waals surface area contributed by atoms with Crippen LogP contribution in [0.3, 0.4) is 0 Å². The molecule has 3 aromatic rings. The second kappa shape index (κ2) is 10.9. The van der Waals surface area contributed by atoms with Crippen molar-refractivity contribution in [2.24, 2.45) is 0 Å². The molecule has 0 saturated heterocycles. The molecular weight excluding hydrogens is 533 g/mol. The molecule has 12 heteroatoms. The summed E-state index contributed by atoms with van der Waals surface area (Å²) in [7, 11) is -3.41. The molecule has 39 heavy (non-hydrogen) atoms. The number of rotatable bonds is 8. The molecule has 0 spiro atoms. The Labute approximate surface area is 225 Å². The van der Waals surface area contributed by atoms with E-state index in [4.69, 9.17) is 0 Å². The summed E-state index contributed by atoms with van der Waals surface area (Å²) >= 11 is 0. The van der Waals surface area contributed by atoms with Crippen molar-refractivity contribution in [3.8, 4) is 0 Å². The Hall–Kier alpha value is -3.54. The number of pyridine rings is 1. The third-order valence-corrected chi connectivity index (χ3v) is 7.94. The first-order valence-electron chi connectivity index (χ1n) is 12.2. The maximum Gasteiger partial charge on any atom is 0.417 e. The number of amides is 1. The lowest BCUT2D eigenvalue weighted by atomic mass is 9.94. The van der Waals surface area contributed by atoms with Gasteiger partial charge in [0.1, 0.15) is 11.5 Å². The van der Waals surface area contributed by atoms with Gasteiger partial charge in [-0.3, -0.25) is 14.6 Å². The largest absolute Gasteiger partial charge is 0.417 e. The quantitative estimate of drug-likeness (QED) is 0.391. The number of carbonyl (C=O) groups is 2. The SMILES string of the molecule is CCS(=O)(=O)c1ccc(CNC(=O)c2nc(C(C)(C)C)n(Cc3cccc(C(C)=O)c3C(F)(F)F)c2C)nc1. The molecule has 0 atom stereocenters. The summed E-state index contributed by atoms with van der Waals surface area (Å²) in [6.07, 6.45) is -3.53. The van der Waals surface area contributed by atoms with Crippen LogP contribution in [0.25, 0.3) is 0 Å². The Kier molecular flexibility index (Phi) is 8.40. The average Bonchev–Trinajstić information content (AvgIpc) is 3.18. The number of hydrogen-bond donors (Lipinski definition) is 1. The van der Waals surface area contributed by atoms with Crippen LogP contribution in [0.2, 0.25) is 0 Å². The molecular formula is C27H31F3N4O4S. The number of alkyl halides is 3. The van der Waals surface area contributed by atoms with Crippen molar-refractivity contribution < 1.29 is 31.2 Å². The Bertz CT molecular complexity index is 1500. The zero-order chi connectivity index (χ0) is 29.3. The molecule has 0 bridgehead atoms. The molecule has 1 N–H and O–H groups in total. The van der Waals surface area contributed by atoms with Gasteiger partial charge in [-0.1, -0.05) is 45.9 Å². The van der Waals surface area contributed by atoms with E-state index in [2.05, 4.69) is 15.3 Å². The first-order chi connectivity index (χ1) is 18.0. The van der Waals surface area contributed by atoms with E-state index in [1.54, 1.807) is 11.5 Å². The van der Waals surface area contributed by atoms with Crippen LogP contribution in [0.5, 0.6) is 0 Å². The average molecular weight is 565 g/mol. The van der Waals surface area contributed by atoms with Gasteiger partial charge in [0.05, 0.1) is 28.5 Å². The molecule has 1 aromatic carbocycles. The van der Waals surface area contributed by atoms with Crippen molar-refractivity contribution in [2.75, 3.05) is 5.75 Å². The van der Waals surface area contributed by atoms with Gasteiger partial charge in [0.15, 0.2) is 15.6 Å². The van der Waals surface area contributed by atoms with E-state index in [1.807, 2.05) is 20.8 Å². The minimum atomic E-state index is -4.76. The van der Waals surface area contributed by atoms with Gasteiger partial charge in [0, 0.05) is 29.4 Å². The number of carbonyl (C=O) groups excluding carboxylic acids is 2. The molecule has 0 radical (unpaired) electrons. The Balaban J connectivity index is 1.96. The minimum absolute atomic E-state index is 0.0126. The molecule has 1 amide bonds. The number of nitrogens with zero attached hydrogens (tertiary/aromatic N) is 3. The number of ketones is 1. The van der Waals surface area contributed by atoms with Gasteiger partial charge in [0.2, 0.25) is 0 Å². The van der Waals surface area contributed by atoms with Crippen LogP contribution in [0, 0.1) is 6.92 Å². The zero-order valence-corrected chi connectivity index (χ0v) is 23.4. The van der Waals surface area contributed by atoms with Crippen molar-refractivity contribution in [3.05, 3.63) is 76.1 Å². The van der Waals surface area contributed by atoms with Crippen LogP contribution in [0.15, 0.2) is 41.4 Å². The van der Waals surface area contributed by atoms with E-state index >= 15 is 0 Å². The molecule has 0 fully saturated rings. The first kappa shape index (κ1) is 30.0. The van der Waals surface area contributed by atoms with Gasteiger partial charge >= 0.3 is 6.18 Å². The first-order valence-corrected chi connectivity index (χ1v) is 13.9. The van der Waals surface area contributed by atoms with E-state index in [1.165, 1.54) is 37.4 Å². The molecule has 0 aliphatic rings. The number of nitrogens with one attached hydrogen (secondary N) is 1. The third-order valence-electron chi connectivity index (χ3n) is 6.22. The second-order valence-corrected chi connectivity index (χ2v) is 12.4. The van der Waals surface area contributed by atoms with Crippen LogP contribution >= 0.6 is 0 Å².